The summed E-state index contributed by atoms with van der Waals surface area (Å²) in [5, 5.41) is 0. The van der Waals surface area contributed by atoms with Crippen LogP contribution in [0.4, 0.5) is 0 Å². The predicted octanol–water partition coefficient (Wildman–Crippen LogP) is 1.97. The highest BCUT2D eigenvalue weighted by Gasteiger charge is 2.55. The van der Waals surface area contributed by atoms with Crippen molar-refractivity contribution >= 4 is 0 Å². The molecular weight excluding hydrogens is 246 g/mol. The first-order valence-electron chi connectivity index (χ1n) is 8.24. The van der Waals surface area contributed by atoms with Crippen LogP contribution in [0.15, 0.2) is 18.2 Å². The SMILES string of the molecule is COc1ccc2c(c1)[C@]13CCCC[C@H]1[C@H](C2)[NH+](C)CC3. The number of rotatable bonds is 1. The molecule has 108 valence electrons. The smallest absolute Gasteiger partial charge is 0.119 e. The fourth-order valence-corrected chi connectivity index (χ4v) is 5.46. The van der Waals surface area contributed by atoms with Gasteiger partial charge in [-0.15, -0.1) is 0 Å². The van der Waals surface area contributed by atoms with E-state index in [0.29, 0.717) is 5.41 Å². The van der Waals surface area contributed by atoms with Crippen LogP contribution in [0.5, 0.6) is 5.75 Å². The van der Waals surface area contributed by atoms with Crippen LogP contribution in [0.2, 0.25) is 0 Å². The number of piperidine rings is 1. The summed E-state index contributed by atoms with van der Waals surface area (Å²) < 4.78 is 5.51. The summed E-state index contributed by atoms with van der Waals surface area (Å²) in [5.74, 6) is 1.96. The summed E-state index contributed by atoms with van der Waals surface area (Å²) in [4.78, 5) is 1.77. The van der Waals surface area contributed by atoms with E-state index in [2.05, 4.69) is 25.2 Å². The number of likely N-dealkylation sites (N-methyl/N-ethyl adjacent to an activating group) is 1. The molecule has 2 nitrogen and oxygen atoms in total. The topological polar surface area (TPSA) is 13.7 Å². The van der Waals surface area contributed by atoms with E-state index in [-0.39, 0.29) is 0 Å². The molecule has 0 aromatic heterocycles. The summed E-state index contributed by atoms with van der Waals surface area (Å²) in [7, 11) is 4.21. The van der Waals surface area contributed by atoms with Crippen LogP contribution in [-0.4, -0.2) is 26.7 Å². The molecule has 20 heavy (non-hydrogen) atoms. The molecule has 4 rings (SSSR count). The van der Waals surface area contributed by atoms with E-state index in [1.54, 1.807) is 23.1 Å². The minimum Gasteiger partial charge on any atom is -0.497 e. The van der Waals surface area contributed by atoms with Gasteiger partial charge in [-0.25, -0.2) is 0 Å². The Labute approximate surface area is 122 Å². The monoisotopic (exact) mass is 272 g/mol. The minimum atomic E-state index is 0.477. The van der Waals surface area contributed by atoms with Gasteiger partial charge in [-0.3, -0.25) is 0 Å². The molecule has 1 heterocycles. The molecule has 1 unspecified atom stereocenters. The van der Waals surface area contributed by atoms with Crippen LogP contribution in [0, 0.1) is 5.92 Å². The molecule has 1 saturated heterocycles. The van der Waals surface area contributed by atoms with Gasteiger partial charge in [-0.2, -0.15) is 0 Å². The summed E-state index contributed by atoms with van der Waals surface area (Å²) in [6.45, 7) is 1.35. The summed E-state index contributed by atoms with van der Waals surface area (Å²) in [6, 6.07) is 7.71. The Morgan fingerprint density at radius 3 is 3.00 bits per heavy atom. The van der Waals surface area contributed by atoms with Gasteiger partial charge in [-0.05, 0) is 36.1 Å². The number of hydrogen-bond donors (Lipinski definition) is 1. The molecule has 1 aromatic carbocycles. The molecule has 1 N–H and O–H groups in total. The van der Waals surface area contributed by atoms with E-state index in [1.165, 1.54) is 45.1 Å². The maximum Gasteiger partial charge on any atom is 0.119 e. The fraction of sp³-hybridized carbons (Fsp3) is 0.667. The third kappa shape index (κ3) is 1.60. The largest absolute Gasteiger partial charge is 0.497 e. The number of nitrogens with one attached hydrogen (secondary N) is 1. The minimum absolute atomic E-state index is 0.477. The Kier molecular flexibility index (Phi) is 2.85. The fourth-order valence-electron chi connectivity index (χ4n) is 5.46. The van der Waals surface area contributed by atoms with E-state index in [4.69, 9.17) is 4.74 Å². The number of likely N-dealkylation sites (tertiary alicyclic amines) is 1. The molecule has 4 atom stereocenters. The van der Waals surface area contributed by atoms with E-state index in [1.807, 2.05) is 0 Å². The molecular formula is C18H26NO+. The van der Waals surface area contributed by atoms with Crippen LogP contribution >= 0.6 is 0 Å². The van der Waals surface area contributed by atoms with Crippen molar-refractivity contribution in [1.29, 1.82) is 0 Å². The summed E-state index contributed by atoms with van der Waals surface area (Å²) in [5.41, 5.74) is 3.73. The van der Waals surface area contributed by atoms with Crippen molar-refractivity contribution in [2.45, 2.75) is 50.0 Å². The van der Waals surface area contributed by atoms with Crippen molar-refractivity contribution < 1.29 is 9.64 Å². The van der Waals surface area contributed by atoms with Gasteiger partial charge in [0.1, 0.15) is 5.75 Å². The van der Waals surface area contributed by atoms with Crippen LogP contribution < -0.4 is 9.64 Å². The highest BCUT2D eigenvalue weighted by molar-refractivity contribution is 5.44. The lowest BCUT2D eigenvalue weighted by Gasteiger charge is -2.56. The third-order valence-electron chi connectivity index (χ3n) is 6.48. The first-order valence-corrected chi connectivity index (χ1v) is 8.24. The molecule has 2 fully saturated rings. The van der Waals surface area contributed by atoms with Gasteiger partial charge in [-0.1, -0.05) is 18.9 Å². The van der Waals surface area contributed by atoms with E-state index >= 15 is 0 Å². The highest BCUT2D eigenvalue weighted by Crippen LogP contribution is 2.53. The number of quaternary nitrogens is 1. The molecule has 1 saturated carbocycles. The second kappa shape index (κ2) is 4.49. The number of benzene rings is 1. The van der Waals surface area contributed by atoms with Gasteiger partial charge in [0.05, 0.1) is 26.7 Å². The second-order valence-corrected chi connectivity index (χ2v) is 7.19. The van der Waals surface area contributed by atoms with Crippen LogP contribution in [0.1, 0.15) is 43.2 Å². The Bertz CT molecular complexity index is 526. The lowest BCUT2D eigenvalue weighted by molar-refractivity contribution is -0.919. The number of methoxy groups -OCH3 is 1. The average molecular weight is 272 g/mol. The Morgan fingerprint density at radius 2 is 2.15 bits per heavy atom. The number of fused-ring (bicyclic) bond motifs is 1. The van der Waals surface area contributed by atoms with Crippen LogP contribution in [0.3, 0.4) is 0 Å². The number of hydrogen-bond acceptors (Lipinski definition) is 1. The quantitative estimate of drug-likeness (QED) is 0.825. The molecule has 0 radical (unpaired) electrons. The Hall–Kier alpha value is -1.02. The van der Waals surface area contributed by atoms with Crippen molar-refractivity contribution in [1.82, 2.24) is 0 Å². The first kappa shape index (κ1) is 12.7. The summed E-state index contributed by atoms with van der Waals surface area (Å²) in [6.07, 6.45) is 8.35. The molecule has 3 aliphatic rings. The van der Waals surface area contributed by atoms with E-state index < -0.39 is 0 Å². The maximum atomic E-state index is 5.51. The summed E-state index contributed by atoms with van der Waals surface area (Å²) >= 11 is 0. The molecule has 2 heteroatoms. The average Bonchev–Trinajstić information content (AvgIpc) is 2.50. The van der Waals surface area contributed by atoms with Crippen molar-refractivity contribution in [2.24, 2.45) is 5.92 Å². The predicted molar refractivity (Wildman–Crippen MR) is 80.5 cm³/mol. The zero-order valence-corrected chi connectivity index (χ0v) is 12.7. The van der Waals surface area contributed by atoms with Crippen molar-refractivity contribution in [3.05, 3.63) is 29.3 Å². The van der Waals surface area contributed by atoms with Gasteiger partial charge in [0, 0.05) is 24.2 Å². The standard InChI is InChI=1S/C18H25NO/c1-19-10-9-18-8-4-3-5-15(18)17(19)11-13-6-7-14(20-2)12-16(13)18/h6-7,12,15,17H,3-5,8-11H2,1-2H3/p+1/t15-,17-,18-/m0/s1. The zero-order valence-electron chi connectivity index (χ0n) is 12.7. The third-order valence-corrected chi connectivity index (χ3v) is 6.48. The van der Waals surface area contributed by atoms with Crippen LogP contribution in [-0.2, 0) is 11.8 Å². The lowest BCUT2D eigenvalue weighted by atomic mass is 9.52. The molecule has 2 aliphatic carbocycles. The van der Waals surface area contributed by atoms with E-state index in [9.17, 15) is 0 Å². The highest BCUT2D eigenvalue weighted by atomic mass is 16.5. The first-order chi connectivity index (χ1) is 9.74. The molecule has 1 aromatic rings. The maximum absolute atomic E-state index is 5.51. The van der Waals surface area contributed by atoms with E-state index in [0.717, 1.165) is 17.7 Å². The molecule has 0 spiro atoms. The molecule has 1 aliphatic heterocycles. The van der Waals surface area contributed by atoms with Crippen molar-refractivity contribution in [3.63, 3.8) is 0 Å². The van der Waals surface area contributed by atoms with Gasteiger partial charge >= 0.3 is 0 Å². The van der Waals surface area contributed by atoms with Gasteiger partial charge in [0.15, 0.2) is 0 Å². The molecule has 0 amide bonds. The lowest BCUT2D eigenvalue weighted by Crippen LogP contribution is -3.16. The normalized spacial score (nSPS) is 38.8. The van der Waals surface area contributed by atoms with Crippen LogP contribution in [0.25, 0.3) is 0 Å². The van der Waals surface area contributed by atoms with Crippen molar-refractivity contribution in [2.75, 3.05) is 20.7 Å². The zero-order chi connectivity index (χ0) is 13.7. The van der Waals surface area contributed by atoms with Gasteiger partial charge in [0.25, 0.3) is 0 Å². The van der Waals surface area contributed by atoms with Crippen molar-refractivity contribution in [3.8, 4) is 5.75 Å². The Morgan fingerprint density at radius 1 is 1.25 bits per heavy atom. The second-order valence-electron chi connectivity index (χ2n) is 7.19. The van der Waals surface area contributed by atoms with Gasteiger partial charge in [0.2, 0.25) is 0 Å². The molecule has 2 bridgehead atoms. The van der Waals surface area contributed by atoms with Gasteiger partial charge < -0.3 is 9.64 Å². The Balaban J connectivity index is 1.88. The number of ether oxygens (including phenoxy) is 1.